The summed E-state index contributed by atoms with van der Waals surface area (Å²) in [7, 11) is 0. The highest BCUT2D eigenvalue weighted by Gasteiger charge is 2.16. The Hall–Kier alpha value is -2.76. The molecule has 0 saturated heterocycles. The SMILES string of the molecule is Cc1ccc(Cn2c(=O)[nH]c3cccc(C(=O)O)c32)o1. The van der Waals surface area contributed by atoms with E-state index < -0.39 is 5.97 Å². The van der Waals surface area contributed by atoms with Crippen LogP contribution in [0.3, 0.4) is 0 Å². The number of nitrogens with zero attached hydrogens (tertiary/aromatic N) is 1. The number of imidazole rings is 1. The first-order chi connectivity index (χ1) is 9.56. The van der Waals surface area contributed by atoms with Crippen molar-refractivity contribution in [3.05, 3.63) is 57.9 Å². The summed E-state index contributed by atoms with van der Waals surface area (Å²) in [5.41, 5.74) is 0.601. The van der Waals surface area contributed by atoms with Gasteiger partial charge in [-0.1, -0.05) is 6.07 Å². The van der Waals surface area contributed by atoms with E-state index in [1.54, 1.807) is 24.3 Å². The van der Waals surface area contributed by atoms with E-state index in [2.05, 4.69) is 4.98 Å². The fourth-order valence-corrected chi connectivity index (χ4v) is 2.27. The van der Waals surface area contributed by atoms with Gasteiger partial charge in [-0.2, -0.15) is 0 Å². The monoisotopic (exact) mass is 272 g/mol. The number of fused-ring (bicyclic) bond motifs is 1. The summed E-state index contributed by atoms with van der Waals surface area (Å²) in [6.45, 7) is 2.00. The molecule has 2 N–H and O–H groups in total. The van der Waals surface area contributed by atoms with Gasteiger partial charge < -0.3 is 14.5 Å². The van der Waals surface area contributed by atoms with E-state index in [9.17, 15) is 14.7 Å². The first kappa shape index (κ1) is 12.3. The molecule has 0 saturated carbocycles. The Balaban J connectivity index is 2.21. The van der Waals surface area contributed by atoms with Crippen molar-refractivity contribution in [2.75, 3.05) is 0 Å². The second kappa shape index (κ2) is 4.41. The van der Waals surface area contributed by atoms with E-state index in [0.29, 0.717) is 16.8 Å². The number of aromatic carboxylic acids is 1. The molecule has 0 aliphatic heterocycles. The number of carbonyl (C=O) groups is 1. The largest absolute Gasteiger partial charge is 0.478 e. The zero-order valence-electron chi connectivity index (χ0n) is 10.7. The fourth-order valence-electron chi connectivity index (χ4n) is 2.27. The van der Waals surface area contributed by atoms with Crippen LogP contribution >= 0.6 is 0 Å². The topological polar surface area (TPSA) is 88.2 Å². The quantitative estimate of drug-likeness (QED) is 0.763. The number of aromatic nitrogens is 2. The zero-order chi connectivity index (χ0) is 14.3. The third-order valence-electron chi connectivity index (χ3n) is 3.13. The van der Waals surface area contributed by atoms with Crippen LogP contribution in [0.25, 0.3) is 11.0 Å². The van der Waals surface area contributed by atoms with Gasteiger partial charge in [-0.15, -0.1) is 0 Å². The number of hydrogen-bond donors (Lipinski definition) is 2. The lowest BCUT2D eigenvalue weighted by Crippen LogP contribution is -2.18. The van der Waals surface area contributed by atoms with Gasteiger partial charge in [-0.05, 0) is 31.2 Å². The molecule has 6 nitrogen and oxygen atoms in total. The van der Waals surface area contributed by atoms with Crippen molar-refractivity contribution < 1.29 is 14.3 Å². The number of carboxylic acids is 1. The van der Waals surface area contributed by atoms with E-state index in [1.165, 1.54) is 10.6 Å². The van der Waals surface area contributed by atoms with E-state index >= 15 is 0 Å². The molecule has 3 rings (SSSR count). The van der Waals surface area contributed by atoms with Crippen LogP contribution in [0.5, 0.6) is 0 Å². The minimum Gasteiger partial charge on any atom is -0.478 e. The Kier molecular flexibility index (Phi) is 2.71. The second-order valence-electron chi connectivity index (χ2n) is 4.54. The molecular weight excluding hydrogens is 260 g/mol. The highest BCUT2D eigenvalue weighted by Crippen LogP contribution is 2.18. The summed E-state index contributed by atoms with van der Waals surface area (Å²) in [5.74, 6) is 0.274. The zero-order valence-corrected chi connectivity index (χ0v) is 10.7. The number of aromatic amines is 1. The van der Waals surface area contributed by atoms with Crippen molar-refractivity contribution in [2.45, 2.75) is 13.5 Å². The van der Waals surface area contributed by atoms with E-state index in [0.717, 1.165) is 5.76 Å². The molecule has 102 valence electrons. The lowest BCUT2D eigenvalue weighted by atomic mass is 10.2. The maximum atomic E-state index is 12.0. The number of H-pyrrole nitrogens is 1. The average molecular weight is 272 g/mol. The highest BCUT2D eigenvalue weighted by atomic mass is 16.4. The Morgan fingerprint density at radius 1 is 1.35 bits per heavy atom. The molecule has 20 heavy (non-hydrogen) atoms. The number of rotatable bonds is 3. The van der Waals surface area contributed by atoms with E-state index in [4.69, 9.17) is 4.42 Å². The molecule has 0 atom stereocenters. The molecule has 0 fully saturated rings. The first-order valence-electron chi connectivity index (χ1n) is 6.06. The van der Waals surface area contributed by atoms with Crippen molar-refractivity contribution in [2.24, 2.45) is 0 Å². The molecule has 0 unspecified atom stereocenters. The van der Waals surface area contributed by atoms with Gasteiger partial charge in [-0.3, -0.25) is 4.57 Å². The lowest BCUT2D eigenvalue weighted by molar-refractivity contribution is 0.0698. The van der Waals surface area contributed by atoms with Gasteiger partial charge in [0.2, 0.25) is 0 Å². The number of benzene rings is 1. The maximum Gasteiger partial charge on any atom is 0.337 e. The molecule has 0 radical (unpaired) electrons. The summed E-state index contributed by atoms with van der Waals surface area (Å²) in [5, 5.41) is 9.23. The van der Waals surface area contributed by atoms with Crippen molar-refractivity contribution in [1.29, 1.82) is 0 Å². The molecule has 1 aromatic carbocycles. The molecule has 6 heteroatoms. The van der Waals surface area contributed by atoms with Gasteiger partial charge in [-0.25, -0.2) is 9.59 Å². The molecule has 2 aromatic heterocycles. The number of hydrogen-bond acceptors (Lipinski definition) is 3. The summed E-state index contributed by atoms with van der Waals surface area (Å²) in [4.78, 5) is 25.9. The van der Waals surface area contributed by atoms with Gasteiger partial charge in [0, 0.05) is 0 Å². The minimum absolute atomic E-state index is 0.0872. The fraction of sp³-hybridized carbons (Fsp3) is 0.143. The third-order valence-corrected chi connectivity index (χ3v) is 3.13. The maximum absolute atomic E-state index is 12.0. The minimum atomic E-state index is -1.07. The van der Waals surface area contributed by atoms with Gasteiger partial charge >= 0.3 is 11.7 Å². The van der Waals surface area contributed by atoms with E-state index in [1.807, 2.05) is 6.92 Å². The average Bonchev–Trinajstić information content (AvgIpc) is 2.94. The van der Waals surface area contributed by atoms with Gasteiger partial charge in [0.15, 0.2) is 0 Å². The number of nitrogens with one attached hydrogen (secondary N) is 1. The first-order valence-corrected chi connectivity index (χ1v) is 6.06. The second-order valence-corrected chi connectivity index (χ2v) is 4.54. The van der Waals surface area contributed by atoms with Crippen LogP contribution in [0.15, 0.2) is 39.5 Å². The van der Waals surface area contributed by atoms with Crippen molar-refractivity contribution in [3.63, 3.8) is 0 Å². The Morgan fingerprint density at radius 3 is 2.80 bits per heavy atom. The van der Waals surface area contributed by atoms with Crippen molar-refractivity contribution in [3.8, 4) is 0 Å². The predicted molar refractivity (Wildman–Crippen MR) is 72.1 cm³/mol. The Labute approximate surface area is 113 Å². The standard InChI is InChI=1S/C14H12N2O4/c1-8-5-6-9(20-8)7-16-12-10(13(17)18)3-2-4-11(12)15-14(16)19/h2-6H,7H2,1H3,(H,15,19)(H,17,18). The molecule has 0 aliphatic carbocycles. The van der Waals surface area contributed by atoms with Crippen LogP contribution in [0.4, 0.5) is 0 Å². The summed E-state index contributed by atoms with van der Waals surface area (Å²) in [6.07, 6.45) is 0. The predicted octanol–water partition coefficient (Wildman–Crippen LogP) is 1.98. The number of furan rings is 1. The smallest absolute Gasteiger partial charge is 0.337 e. The molecule has 0 spiro atoms. The van der Waals surface area contributed by atoms with Crippen LogP contribution in [-0.2, 0) is 6.54 Å². The van der Waals surface area contributed by atoms with E-state index in [-0.39, 0.29) is 17.8 Å². The van der Waals surface area contributed by atoms with Crippen LogP contribution in [-0.4, -0.2) is 20.6 Å². The van der Waals surface area contributed by atoms with Crippen LogP contribution in [0, 0.1) is 6.92 Å². The molecular formula is C14H12N2O4. The summed E-state index contributed by atoms with van der Waals surface area (Å²) >= 11 is 0. The molecule has 3 aromatic rings. The molecule has 0 bridgehead atoms. The summed E-state index contributed by atoms with van der Waals surface area (Å²) < 4.78 is 6.81. The lowest BCUT2D eigenvalue weighted by Gasteiger charge is -2.03. The van der Waals surface area contributed by atoms with Crippen molar-refractivity contribution in [1.82, 2.24) is 9.55 Å². The normalized spacial score (nSPS) is 11.1. The van der Waals surface area contributed by atoms with Gasteiger partial charge in [0.25, 0.3) is 0 Å². The molecule has 0 aliphatic rings. The number of carboxylic acid groups (broad SMARTS) is 1. The van der Waals surface area contributed by atoms with Gasteiger partial charge in [0.05, 0.1) is 23.1 Å². The Morgan fingerprint density at radius 2 is 2.15 bits per heavy atom. The molecule has 0 amide bonds. The number of aryl methyl sites for hydroxylation is 1. The summed E-state index contributed by atoms with van der Waals surface area (Å²) in [6, 6.07) is 8.31. The highest BCUT2D eigenvalue weighted by molar-refractivity contribution is 6.01. The molecule has 2 heterocycles. The van der Waals surface area contributed by atoms with Crippen molar-refractivity contribution >= 4 is 17.0 Å². The van der Waals surface area contributed by atoms with Crippen LogP contribution in [0.2, 0.25) is 0 Å². The third kappa shape index (κ3) is 1.91. The van der Waals surface area contributed by atoms with Crippen LogP contribution in [0.1, 0.15) is 21.9 Å². The van der Waals surface area contributed by atoms with Gasteiger partial charge in [0.1, 0.15) is 11.5 Å². The van der Waals surface area contributed by atoms with Crippen LogP contribution < -0.4 is 5.69 Å². The Bertz CT molecular complexity index is 854. The number of para-hydroxylation sites is 1.